The van der Waals surface area contributed by atoms with Crippen molar-refractivity contribution in [2.75, 3.05) is 18.0 Å². The maximum Gasteiger partial charge on any atom is 0.0743 e. The first-order valence-electron chi connectivity index (χ1n) is 8.08. The summed E-state index contributed by atoms with van der Waals surface area (Å²) in [4.78, 5) is 2.46. The van der Waals surface area contributed by atoms with Crippen LogP contribution in [0.15, 0.2) is 24.3 Å². The van der Waals surface area contributed by atoms with Gasteiger partial charge in [0.1, 0.15) is 0 Å². The Morgan fingerprint density at radius 2 is 2.10 bits per heavy atom. The Kier molecular flexibility index (Phi) is 4.27. The maximum absolute atomic E-state index is 10.2. The van der Waals surface area contributed by atoms with Crippen molar-refractivity contribution in [3.05, 3.63) is 29.8 Å². The molecule has 1 heterocycles. The topological polar surface area (TPSA) is 35.5 Å². The predicted molar refractivity (Wildman–Crippen MR) is 83.1 cm³/mol. The molecule has 3 heteroatoms. The van der Waals surface area contributed by atoms with Crippen molar-refractivity contribution in [2.45, 2.75) is 57.2 Å². The molecule has 1 aromatic rings. The molecule has 0 bridgehead atoms. The fourth-order valence-corrected chi connectivity index (χ4v) is 3.75. The first-order valence-corrected chi connectivity index (χ1v) is 8.08. The number of fused-ring (bicyclic) bond motifs is 1. The molecule has 20 heavy (non-hydrogen) atoms. The van der Waals surface area contributed by atoms with E-state index in [9.17, 15) is 5.11 Å². The third-order valence-corrected chi connectivity index (χ3v) is 4.77. The highest BCUT2D eigenvalue weighted by atomic mass is 16.3. The van der Waals surface area contributed by atoms with Gasteiger partial charge < -0.3 is 15.3 Å². The number of nitrogens with one attached hydrogen (secondary N) is 1. The van der Waals surface area contributed by atoms with Gasteiger partial charge in [-0.1, -0.05) is 25.1 Å². The summed E-state index contributed by atoms with van der Waals surface area (Å²) in [7, 11) is 0. The Labute approximate surface area is 122 Å². The third-order valence-electron chi connectivity index (χ3n) is 4.77. The van der Waals surface area contributed by atoms with Crippen LogP contribution < -0.4 is 10.2 Å². The van der Waals surface area contributed by atoms with E-state index in [1.807, 2.05) is 0 Å². The van der Waals surface area contributed by atoms with Gasteiger partial charge in [-0.05, 0) is 50.3 Å². The van der Waals surface area contributed by atoms with Crippen molar-refractivity contribution in [3.63, 3.8) is 0 Å². The molecule has 3 unspecified atom stereocenters. The van der Waals surface area contributed by atoms with Crippen LogP contribution in [0.3, 0.4) is 0 Å². The molecule has 0 amide bonds. The molecule has 3 nitrogen and oxygen atoms in total. The van der Waals surface area contributed by atoms with Crippen molar-refractivity contribution in [1.29, 1.82) is 0 Å². The van der Waals surface area contributed by atoms with E-state index >= 15 is 0 Å². The summed E-state index contributed by atoms with van der Waals surface area (Å²) < 4.78 is 0. The Morgan fingerprint density at radius 3 is 2.85 bits per heavy atom. The first kappa shape index (κ1) is 13.9. The van der Waals surface area contributed by atoms with Gasteiger partial charge in [0.2, 0.25) is 0 Å². The summed E-state index contributed by atoms with van der Waals surface area (Å²) in [6.07, 6.45) is 5.40. The summed E-state index contributed by atoms with van der Waals surface area (Å²) in [6.45, 7) is 4.34. The highest BCUT2D eigenvalue weighted by molar-refractivity contribution is 5.58. The Balaban J connectivity index is 1.84. The summed E-state index contributed by atoms with van der Waals surface area (Å²) in [5.41, 5.74) is 2.74. The molecule has 2 aliphatic rings. The highest BCUT2D eigenvalue weighted by Crippen LogP contribution is 2.38. The number of aliphatic hydroxyl groups is 1. The molecule has 0 spiro atoms. The van der Waals surface area contributed by atoms with Crippen molar-refractivity contribution in [2.24, 2.45) is 0 Å². The van der Waals surface area contributed by atoms with Gasteiger partial charge in [0.25, 0.3) is 0 Å². The van der Waals surface area contributed by atoms with Crippen molar-refractivity contribution in [1.82, 2.24) is 5.32 Å². The van der Waals surface area contributed by atoms with Gasteiger partial charge >= 0.3 is 0 Å². The quantitative estimate of drug-likeness (QED) is 0.886. The second-order valence-electron chi connectivity index (χ2n) is 6.11. The number of hydrogen-bond acceptors (Lipinski definition) is 3. The summed E-state index contributed by atoms with van der Waals surface area (Å²) >= 11 is 0. The molecule has 0 radical (unpaired) electrons. The fourth-order valence-electron chi connectivity index (χ4n) is 3.75. The smallest absolute Gasteiger partial charge is 0.0743 e. The number of para-hydroxylation sites is 1. The molecule has 0 aromatic heterocycles. The fraction of sp³-hybridized carbons (Fsp3) is 0.647. The van der Waals surface area contributed by atoms with Gasteiger partial charge in [-0.15, -0.1) is 0 Å². The van der Waals surface area contributed by atoms with E-state index in [1.165, 1.54) is 17.7 Å². The van der Waals surface area contributed by atoms with Gasteiger partial charge in [-0.2, -0.15) is 0 Å². The van der Waals surface area contributed by atoms with E-state index in [0.29, 0.717) is 12.1 Å². The van der Waals surface area contributed by atoms with Crippen LogP contribution in [0.5, 0.6) is 0 Å². The lowest BCUT2D eigenvalue weighted by Gasteiger charge is -2.41. The molecule has 3 atom stereocenters. The minimum atomic E-state index is -0.150. The van der Waals surface area contributed by atoms with Crippen LogP contribution in [-0.4, -0.2) is 30.3 Å². The maximum atomic E-state index is 10.2. The predicted octanol–water partition coefficient (Wildman–Crippen LogP) is 2.85. The molecule has 1 aromatic carbocycles. The van der Waals surface area contributed by atoms with E-state index in [4.69, 9.17) is 0 Å². The Bertz CT molecular complexity index is 448. The largest absolute Gasteiger partial charge is 0.391 e. The van der Waals surface area contributed by atoms with Gasteiger partial charge in [0.15, 0.2) is 0 Å². The minimum absolute atomic E-state index is 0.150. The van der Waals surface area contributed by atoms with Gasteiger partial charge in [0.05, 0.1) is 12.1 Å². The van der Waals surface area contributed by atoms with Crippen LogP contribution in [0, 0.1) is 0 Å². The van der Waals surface area contributed by atoms with E-state index in [0.717, 1.165) is 38.8 Å². The molecule has 110 valence electrons. The summed E-state index contributed by atoms with van der Waals surface area (Å²) in [5.74, 6) is 0. The zero-order valence-corrected chi connectivity index (χ0v) is 12.4. The molecular weight excluding hydrogens is 248 g/mol. The monoisotopic (exact) mass is 274 g/mol. The minimum Gasteiger partial charge on any atom is -0.391 e. The zero-order chi connectivity index (χ0) is 13.9. The molecule has 2 N–H and O–H groups in total. The van der Waals surface area contributed by atoms with Crippen molar-refractivity contribution < 1.29 is 5.11 Å². The standard InChI is InChI=1S/C17H26N2O/c1-2-11-18-14-10-12-19(16-8-5-9-17(16)20)15-7-4-3-6-13(14)15/h3-4,6-7,14,16-18,20H,2,5,8-12H2,1H3. The molecule has 0 saturated heterocycles. The van der Waals surface area contributed by atoms with E-state index in [-0.39, 0.29) is 6.10 Å². The van der Waals surface area contributed by atoms with Crippen LogP contribution in [-0.2, 0) is 0 Å². The summed E-state index contributed by atoms with van der Waals surface area (Å²) in [6, 6.07) is 9.52. The number of anilines is 1. The van der Waals surface area contributed by atoms with Crippen molar-refractivity contribution in [3.8, 4) is 0 Å². The molecule has 1 aliphatic carbocycles. The average molecular weight is 274 g/mol. The highest BCUT2D eigenvalue weighted by Gasteiger charge is 2.34. The second kappa shape index (κ2) is 6.15. The van der Waals surface area contributed by atoms with Crippen LogP contribution in [0.25, 0.3) is 0 Å². The van der Waals surface area contributed by atoms with Crippen LogP contribution in [0.2, 0.25) is 0 Å². The number of hydrogen-bond donors (Lipinski definition) is 2. The molecular formula is C17H26N2O. The lowest BCUT2D eigenvalue weighted by molar-refractivity contribution is 0.159. The van der Waals surface area contributed by atoms with E-state index in [2.05, 4.69) is 41.4 Å². The number of rotatable bonds is 4. The normalized spacial score (nSPS) is 29.5. The van der Waals surface area contributed by atoms with Gasteiger partial charge in [0, 0.05) is 18.3 Å². The average Bonchev–Trinajstić information content (AvgIpc) is 2.91. The SMILES string of the molecule is CCCNC1CCN(C2CCCC2O)c2ccccc21. The molecule has 1 fully saturated rings. The Morgan fingerprint density at radius 1 is 1.25 bits per heavy atom. The lowest BCUT2D eigenvalue weighted by Crippen LogP contribution is -2.45. The van der Waals surface area contributed by atoms with E-state index in [1.54, 1.807) is 0 Å². The number of benzene rings is 1. The van der Waals surface area contributed by atoms with E-state index < -0.39 is 0 Å². The lowest BCUT2D eigenvalue weighted by atomic mass is 9.94. The van der Waals surface area contributed by atoms with Crippen LogP contribution >= 0.6 is 0 Å². The molecule has 1 saturated carbocycles. The van der Waals surface area contributed by atoms with Crippen LogP contribution in [0.1, 0.15) is 50.6 Å². The first-order chi connectivity index (χ1) is 9.81. The van der Waals surface area contributed by atoms with Gasteiger partial charge in [-0.25, -0.2) is 0 Å². The van der Waals surface area contributed by atoms with Gasteiger partial charge in [-0.3, -0.25) is 0 Å². The molecule has 3 rings (SSSR count). The van der Waals surface area contributed by atoms with Crippen LogP contribution in [0.4, 0.5) is 5.69 Å². The zero-order valence-electron chi connectivity index (χ0n) is 12.4. The third kappa shape index (κ3) is 2.57. The number of aliphatic hydroxyl groups excluding tert-OH is 1. The molecule has 1 aliphatic heterocycles. The second-order valence-corrected chi connectivity index (χ2v) is 6.11. The van der Waals surface area contributed by atoms with Crippen molar-refractivity contribution >= 4 is 5.69 Å². The Hall–Kier alpha value is -1.06. The number of nitrogens with zero attached hydrogens (tertiary/aromatic N) is 1. The summed E-state index contributed by atoms with van der Waals surface area (Å²) in [5, 5.41) is 13.9.